The fourth-order valence-corrected chi connectivity index (χ4v) is 2.38. The van der Waals surface area contributed by atoms with Crippen molar-refractivity contribution in [2.45, 2.75) is 6.61 Å². The van der Waals surface area contributed by atoms with Gasteiger partial charge in [-0.2, -0.15) is 0 Å². The first-order valence-corrected chi connectivity index (χ1v) is 7.37. The normalized spacial score (nSPS) is 10.3. The van der Waals surface area contributed by atoms with Crippen LogP contribution in [0.2, 0.25) is 0 Å². The van der Waals surface area contributed by atoms with Crippen molar-refractivity contribution in [1.82, 2.24) is 0 Å². The Hall–Kier alpha value is -3.34. The second-order valence-corrected chi connectivity index (χ2v) is 5.23. The number of rotatable bonds is 4. The van der Waals surface area contributed by atoms with Crippen molar-refractivity contribution in [3.05, 3.63) is 77.9 Å². The monoisotopic (exact) mass is 321 g/mol. The molecule has 0 heterocycles. The molecule has 0 spiro atoms. The summed E-state index contributed by atoms with van der Waals surface area (Å²) in [5.74, 6) is -1.02. The molecule has 0 aromatic heterocycles. The van der Waals surface area contributed by atoms with Gasteiger partial charge in [0.2, 0.25) is 0 Å². The highest BCUT2D eigenvalue weighted by Gasteiger charge is 2.10. The second-order valence-electron chi connectivity index (χ2n) is 5.23. The lowest BCUT2D eigenvalue weighted by Crippen LogP contribution is -2.13. The molecular weight excluding hydrogens is 306 g/mol. The Morgan fingerprint density at radius 1 is 0.958 bits per heavy atom. The molecule has 0 radical (unpaired) electrons. The van der Waals surface area contributed by atoms with E-state index in [0.717, 1.165) is 10.9 Å². The molecule has 5 heteroatoms. The predicted octanol–water partition coefficient (Wildman–Crippen LogP) is 4.29. The maximum atomic E-state index is 12.0. The van der Waals surface area contributed by atoms with Crippen LogP contribution < -0.4 is 5.32 Å². The number of carbonyl (C=O) groups excluding carboxylic acids is 1. The molecule has 0 saturated carbocycles. The zero-order valence-corrected chi connectivity index (χ0v) is 12.7. The van der Waals surface area contributed by atoms with E-state index < -0.39 is 12.1 Å². The van der Waals surface area contributed by atoms with Crippen molar-refractivity contribution in [3.63, 3.8) is 0 Å². The number of carboxylic acids is 1. The molecule has 2 N–H and O–H groups in total. The Morgan fingerprint density at radius 3 is 2.50 bits per heavy atom. The first-order chi connectivity index (χ1) is 11.6. The first-order valence-electron chi connectivity index (χ1n) is 7.37. The fraction of sp³-hybridized carbons (Fsp3) is 0.0526. The van der Waals surface area contributed by atoms with Gasteiger partial charge in [-0.1, -0.05) is 48.5 Å². The van der Waals surface area contributed by atoms with Crippen molar-refractivity contribution in [2.24, 2.45) is 0 Å². The number of hydrogen-bond acceptors (Lipinski definition) is 3. The quantitative estimate of drug-likeness (QED) is 0.752. The van der Waals surface area contributed by atoms with Gasteiger partial charge in [-0.25, -0.2) is 9.59 Å². The number of ether oxygens (including phenoxy) is 1. The molecule has 1 amide bonds. The van der Waals surface area contributed by atoms with Gasteiger partial charge in [-0.15, -0.1) is 0 Å². The van der Waals surface area contributed by atoms with E-state index in [4.69, 9.17) is 9.84 Å². The van der Waals surface area contributed by atoms with Gasteiger partial charge < -0.3 is 9.84 Å². The molecule has 5 nitrogen and oxygen atoms in total. The van der Waals surface area contributed by atoms with Crippen molar-refractivity contribution >= 4 is 28.5 Å². The summed E-state index contributed by atoms with van der Waals surface area (Å²) in [6.45, 7) is 0.164. The van der Waals surface area contributed by atoms with Gasteiger partial charge in [0.25, 0.3) is 0 Å². The van der Waals surface area contributed by atoms with E-state index in [1.165, 1.54) is 12.1 Å². The van der Waals surface area contributed by atoms with E-state index in [1.807, 2.05) is 36.4 Å². The summed E-state index contributed by atoms with van der Waals surface area (Å²) >= 11 is 0. The van der Waals surface area contributed by atoms with E-state index in [0.29, 0.717) is 11.1 Å². The van der Waals surface area contributed by atoms with Crippen molar-refractivity contribution in [2.75, 3.05) is 5.32 Å². The number of fused-ring (bicyclic) bond motifs is 1. The van der Waals surface area contributed by atoms with Crippen molar-refractivity contribution < 1.29 is 19.4 Å². The van der Waals surface area contributed by atoms with Crippen LogP contribution in [0.15, 0.2) is 66.7 Å². The Bertz CT molecular complexity index is 890. The number of carboxylic acid groups (broad SMARTS) is 1. The molecule has 0 fully saturated rings. The third-order valence-electron chi connectivity index (χ3n) is 3.58. The van der Waals surface area contributed by atoms with Crippen LogP contribution in [-0.4, -0.2) is 17.2 Å². The molecule has 0 unspecified atom stereocenters. The first kappa shape index (κ1) is 15.6. The van der Waals surface area contributed by atoms with Crippen LogP contribution in [-0.2, 0) is 11.3 Å². The number of hydrogen-bond donors (Lipinski definition) is 2. The van der Waals surface area contributed by atoms with Gasteiger partial charge in [0.15, 0.2) is 0 Å². The SMILES string of the molecule is O=C(Nc1cccc2ccc(C(=O)O)cc12)OCc1ccccc1. The smallest absolute Gasteiger partial charge is 0.411 e. The lowest BCUT2D eigenvalue weighted by molar-refractivity contribution is 0.0697. The highest BCUT2D eigenvalue weighted by molar-refractivity contribution is 6.03. The maximum absolute atomic E-state index is 12.0. The third-order valence-corrected chi connectivity index (χ3v) is 3.58. The largest absolute Gasteiger partial charge is 0.478 e. The molecule has 0 aliphatic carbocycles. The predicted molar refractivity (Wildman–Crippen MR) is 91.2 cm³/mol. The Morgan fingerprint density at radius 2 is 1.75 bits per heavy atom. The summed E-state index contributed by atoms with van der Waals surface area (Å²) in [7, 11) is 0. The van der Waals surface area contributed by atoms with Crippen molar-refractivity contribution in [3.8, 4) is 0 Å². The number of carbonyl (C=O) groups is 2. The van der Waals surface area contributed by atoms with Crippen LogP contribution in [0.5, 0.6) is 0 Å². The maximum Gasteiger partial charge on any atom is 0.411 e. The molecule has 0 atom stereocenters. The minimum atomic E-state index is -1.02. The minimum absolute atomic E-state index is 0.161. The standard InChI is InChI=1S/C19H15NO4/c21-18(22)15-10-9-14-7-4-8-17(16(14)11-15)20-19(23)24-12-13-5-2-1-3-6-13/h1-11H,12H2,(H,20,23)(H,21,22). The zero-order chi connectivity index (χ0) is 16.9. The minimum Gasteiger partial charge on any atom is -0.478 e. The summed E-state index contributed by atoms with van der Waals surface area (Å²) < 4.78 is 5.19. The average molecular weight is 321 g/mol. The molecule has 120 valence electrons. The van der Waals surface area contributed by atoms with Gasteiger partial charge in [-0.05, 0) is 29.1 Å². The molecule has 3 aromatic carbocycles. The number of anilines is 1. The zero-order valence-electron chi connectivity index (χ0n) is 12.7. The molecule has 0 aliphatic rings. The van der Waals surface area contributed by atoms with Crippen molar-refractivity contribution in [1.29, 1.82) is 0 Å². The van der Waals surface area contributed by atoms with Crippen LogP contribution in [0, 0.1) is 0 Å². The van der Waals surface area contributed by atoms with E-state index in [1.54, 1.807) is 18.2 Å². The molecule has 0 aliphatic heterocycles. The highest BCUT2D eigenvalue weighted by atomic mass is 16.5. The van der Waals surface area contributed by atoms with Gasteiger partial charge in [0.05, 0.1) is 11.3 Å². The van der Waals surface area contributed by atoms with Gasteiger partial charge >= 0.3 is 12.1 Å². The van der Waals surface area contributed by atoms with E-state index in [9.17, 15) is 9.59 Å². The molecule has 0 saturated heterocycles. The van der Waals surface area contributed by atoms with Crippen LogP contribution in [0.25, 0.3) is 10.8 Å². The summed E-state index contributed by atoms with van der Waals surface area (Å²) in [6.07, 6.45) is -0.591. The Kier molecular flexibility index (Phi) is 4.43. The van der Waals surface area contributed by atoms with E-state index in [2.05, 4.69) is 5.32 Å². The third kappa shape index (κ3) is 3.52. The van der Waals surface area contributed by atoms with Crippen LogP contribution in [0.1, 0.15) is 15.9 Å². The highest BCUT2D eigenvalue weighted by Crippen LogP contribution is 2.25. The number of nitrogens with one attached hydrogen (secondary N) is 1. The van der Waals surface area contributed by atoms with E-state index in [-0.39, 0.29) is 12.2 Å². The van der Waals surface area contributed by atoms with Crippen LogP contribution in [0.4, 0.5) is 10.5 Å². The second kappa shape index (κ2) is 6.83. The molecule has 0 bridgehead atoms. The number of amides is 1. The van der Waals surface area contributed by atoms with Gasteiger partial charge in [-0.3, -0.25) is 5.32 Å². The molecular formula is C19H15NO4. The lowest BCUT2D eigenvalue weighted by atomic mass is 10.1. The van der Waals surface area contributed by atoms with Gasteiger partial charge in [0.1, 0.15) is 6.61 Å². The molecule has 3 aromatic rings. The summed E-state index contributed by atoms with van der Waals surface area (Å²) in [5.41, 5.74) is 1.56. The molecule has 24 heavy (non-hydrogen) atoms. The van der Waals surface area contributed by atoms with E-state index >= 15 is 0 Å². The Balaban J connectivity index is 1.77. The van der Waals surface area contributed by atoms with Crippen LogP contribution >= 0.6 is 0 Å². The summed E-state index contributed by atoms with van der Waals surface area (Å²) in [6, 6.07) is 19.5. The number of aromatic carboxylic acids is 1. The fourth-order valence-electron chi connectivity index (χ4n) is 2.38. The molecule has 3 rings (SSSR count). The summed E-state index contributed by atoms with van der Waals surface area (Å²) in [4.78, 5) is 23.1. The lowest BCUT2D eigenvalue weighted by Gasteiger charge is -2.10. The Labute approximate surface area is 138 Å². The number of benzene rings is 3. The van der Waals surface area contributed by atoms with Crippen LogP contribution in [0.3, 0.4) is 0 Å². The average Bonchev–Trinajstić information content (AvgIpc) is 2.61. The topological polar surface area (TPSA) is 75.6 Å². The van der Waals surface area contributed by atoms with Gasteiger partial charge in [0, 0.05) is 5.39 Å². The summed E-state index contributed by atoms with van der Waals surface area (Å²) in [5, 5.41) is 13.3.